The number of nitrogens with zero attached hydrogens (tertiary/aromatic N) is 1. The Kier molecular flexibility index (Phi) is 5.22. The molecule has 0 spiro atoms. The zero-order valence-electron chi connectivity index (χ0n) is 10.4. The number of hydrogen-bond donors (Lipinski definition) is 2. The van der Waals surface area contributed by atoms with Gasteiger partial charge in [-0.1, -0.05) is 26.2 Å². The molecule has 94 valence electrons. The minimum atomic E-state index is -0.221. The zero-order chi connectivity index (χ0) is 12.0. The fraction of sp³-hybridized carbons (Fsp3) is 0.917. The highest BCUT2D eigenvalue weighted by Crippen LogP contribution is 2.32. The van der Waals surface area contributed by atoms with Crippen LogP contribution in [0.2, 0.25) is 0 Å². The summed E-state index contributed by atoms with van der Waals surface area (Å²) in [6.45, 7) is 4.53. The van der Waals surface area contributed by atoms with Gasteiger partial charge in [-0.3, -0.25) is 9.69 Å². The van der Waals surface area contributed by atoms with Gasteiger partial charge in [0.05, 0.1) is 0 Å². The van der Waals surface area contributed by atoms with Crippen molar-refractivity contribution in [2.45, 2.75) is 51.0 Å². The summed E-state index contributed by atoms with van der Waals surface area (Å²) < 4.78 is 0. The number of likely N-dealkylation sites (N-methyl/N-ethyl adjacent to an activating group) is 1. The number of amides is 1. The Labute approximate surface area is 98.3 Å². The molecule has 0 heterocycles. The molecule has 4 N–H and O–H groups in total. The lowest BCUT2D eigenvalue weighted by molar-refractivity contribution is -0.118. The molecule has 0 atom stereocenters. The van der Waals surface area contributed by atoms with Gasteiger partial charge in [0.25, 0.3) is 0 Å². The van der Waals surface area contributed by atoms with Gasteiger partial charge in [0.2, 0.25) is 5.91 Å². The average Bonchev–Trinajstić information content (AvgIpc) is 2.30. The van der Waals surface area contributed by atoms with Crippen molar-refractivity contribution in [2.24, 2.45) is 11.5 Å². The second kappa shape index (κ2) is 6.21. The third-order valence-electron chi connectivity index (χ3n) is 3.84. The molecule has 1 aliphatic carbocycles. The minimum Gasteiger partial charge on any atom is -0.370 e. The highest BCUT2D eigenvalue weighted by molar-refractivity contribution is 5.73. The Balaban J connectivity index is 2.62. The Hall–Kier alpha value is -0.610. The highest BCUT2D eigenvalue weighted by atomic mass is 16.1. The van der Waals surface area contributed by atoms with E-state index in [1.165, 1.54) is 19.3 Å². The molecule has 16 heavy (non-hydrogen) atoms. The molecule has 4 nitrogen and oxygen atoms in total. The summed E-state index contributed by atoms with van der Waals surface area (Å²) >= 11 is 0. The number of nitrogens with two attached hydrogens (primary N) is 2. The van der Waals surface area contributed by atoms with Crippen molar-refractivity contribution in [3.8, 4) is 0 Å². The van der Waals surface area contributed by atoms with Gasteiger partial charge in [-0.2, -0.15) is 0 Å². The smallest absolute Gasteiger partial charge is 0.218 e. The topological polar surface area (TPSA) is 72.3 Å². The van der Waals surface area contributed by atoms with Gasteiger partial charge in [-0.05, 0) is 19.4 Å². The van der Waals surface area contributed by atoms with Crippen LogP contribution in [-0.4, -0.2) is 36.0 Å². The molecule has 1 amide bonds. The van der Waals surface area contributed by atoms with Crippen molar-refractivity contribution in [2.75, 3.05) is 19.6 Å². The largest absolute Gasteiger partial charge is 0.370 e. The fourth-order valence-electron chi connectivity index (χ4n) is 2.84. The molecular weight excluding hydrogens is 202 g/mol. The molecule has 4 heteroatoms. The molecule has 0 radical (unpaired) electrons. The molecule has 1 saturated carbocycles. The Morgan fingerprint density at radius 3 is 2.38 bits per heavy atom. The summed E-state index contributed by atoms with van der Waals surface area (Å²) in [4.78, 5) is 13.2. The van der Waals surface area contributed by atoms with Crippen LogP contribution in [0.1, 0.15) is 45.4 Å². The quantitative estimate of drug-likeness (QED) is 0.706. The highest BCUT2D eigenvalue weighted by Gasteiger charge is 2.35. The van der Waals surface area contributed by atoms with E-state index in [1.807, 2.05) is 0 Å². The van der Waals surface area contributed by atoms with Crippen LogP contribution in [0.5, 0.6) is 0 Å². The van der Waals surface area contributed by atoms with Crippen LogP contribution < -0.4 is 11.5 Å². The van der Waals surface area contributed by atoms with Gasteiger partial charge in [0.1, 0.15) is 0 Å². The van der Waals surface area contributed by atoms with E-state index in [9.17, 15) is 4.79 Å². The summed E-state index contributed by atoms with van der Waals surface area (Å²) in [5.74, 6) is -0.221. The maximum absolute atomic E-state index is 10.9. The van der Waals surface area contributed by atoms with E-state index in [-0.39, 0.29) is 11.4 Å². The van der Waals surface area contributed by atoms with E-state index < -0.39 is 0 Å². The molecule has 0 saturated heterocycles. The maximum atomic E-state index is 10.9. The number of hydrogen-bond acceptors (Lipinski definition) is 3. The molecule has 1 fully saturated rings. The lowest BCUT2D eigenvalue weighted by atomic mass is 9.80. The lowest BCUT2D eigenvalue weighted by Crippen LogP contribution is -2.55. The maximum Gasteiger partial charge on any atom is 0.218 e. The van der Waals surface area contributed by atoms with Crippen molar-refractivity contribution in [3.05, 3.63) is 0 Å². The van der Waals surface area contributed by atoms with Crippen LogP contribution in [0.15, 0.2) is 0 Å². The number of rotatable bonds is 6. The number of carbonyl (C=O) groups is 1. The van der Waals surface area contributed by atoms with Crippen LogP contribution in [-0.2, 0) is 4.79 Å². The number of primary amides is 1. The lowest BCUT2D eigenvalue weighted by Gasteiger charge is -2.45. The van der Waals surface area contributed by atoms with E-state index in [4.69, 9.17) is 11.5 Å². The van der Waals surface area contributed by atoms with Crippen molar-refractivity contribution < 1.29 is 4.79 Å². The third-order valence-corrected chi connectivity index (χ3v) is 3.84. The summed E-state index contributed by atoms with van der Waals surface area (Å²) in [7, 11) is 0. The zero-order valence-corrected chi connectivity index (χ0v) is 10.4. The van der Waals surface area contributed by atoms with Crippen LogP contribution in [0, 0.1) is 0 Å². The first kappa shape index (κ1) is 13.5. The SMILES string of the molecule is CCN(CCC(N)=O)C1(CN)CCCCC1. The molecule has 1 rings (SSSR count). The normalized spacial score (nSPS) is 19.9. The summed E-state index contributed by atoms with van der Waals surface area (Å²) in [5.41, 5.74) is 11.3. The molecule has 0 unspecified atom stereocenters. The van der Waals surface area contributed by atoms with E-state index in [2.05, 4.69) is 11.8 Å². The molecule has 0 aromatic heterocycles. The van der Waals surface area contributed by atoms with E-state index in [0.29, 0.717) is 13.0 Å². The Bertz CT molecular complexity index is 224. The molecule has 1 aliphatic rings. The van der Waals surface area contributed by atoms with Gasteiger partial charge < -0.3 is 11.5 Å². The third kappa shape index (κ3) is 3.19. The Morgan fingerprint density at radius 2 is 1.94 bits per heavy atom. The summed E-state index contributed by atoms with van der Waals surface area (Å²) in [5, 5.41) is 0. The van der Waals surface area contributed by atoms with Gasteiger partial charge in [-0.25, -0.2) is 0 Å². The standard InChI is InChI=1S/C12H25N3O/c1-2-15(9-6-11(14)16)12(10-13)7-4-3-5-8-12/h2-10,13H2,1H3,(H2,14,16). The monoisotopic (exact) mass is 227 g/mol. The van der Waals surface area contributed by atoms with Gasteiger partial charge in [0, 0.05) is 25.0 Å². The van der Waals surface area contributed by atoms with Gasteiger partial charge in [0.15, 0.2) is 0 Å². The second-order valence-electron chi connectivity index (χ2n) is 4.79. The Morgan fingerprint density at radius 1 is 1.31 bits per heavy atom. The van der Waals surface area contributed by atoms with E-state index in [1.54, 1.807) is 0 Å². The fourth-order valence-corrected chi connectivity index (χ4v) is 2.84. The van der Waals surface area contributed by atoms with Gasteiger partial charge >= 0.3 is 0 Å². The molecule has 0 aliphatic heterocycles. The van der Waals surface area contributed by atoms with Crippen LogP contribution in [0.3, 0.4) is 0 Å². The van der Waals surface area contributed by atoms with Crippen molar-refractivity contribution >= 4 is 5.91 Å². The van der Waals surface area contributed by atoms with Crippen molar-refractivity contribution in [3.63, 3.8) is 0 Å². The first-order valence-corrected chi connectivity index (χ1v) is 6.38. The number of carbonyl (C=O) groups excluding carboxylic acids is 1. The average molecular weight is 227 g/mol. The molecule has 0 aromatic rings. The second-order valence-corrected chi connectivity index (χ2v) is 4.79. The van der Waals surface area contributed by atoms with Crippen molar-refractivity contribution in [1.82, 2.24) is 4.90 Å². The molecule has 0 aromatic carbocycles. The minimum absolute atomic E-state index is 0.127. The first-order valence-electron chi connectivity index (χ1n) is 6.38. The first-order chi connectivity index (χ1) is 7.64. The van der Waals surface area contributed by atoms with Gasteiger partial charge in [-0.15, -0.1) is 0 Å². The molecular formula is C12H25N3O. The van der Waals surface area contributed by atoms with Crippen LogP contribution >= 0.6 is 0 Å². The predicted molar refractivity (Wildman–Crippen MR) is 65.9 cm³/mol. The van der Waals surface area contributed by atoms with Crippen molar-refractivity contribution in [1.29, 1.82) is 0 Å². The van der Waals surface area contributed by atoms with E-state index >= 15 is 0 Å². The van der Waals surface area contributed by atoms with Crippen LogP contribution in [0.4, 0.5) is 0 Å². The summed E-state index contributed by atoms with van der Waals surface area (Å²) in [6, 6.07) is 0. The molecule has 0 bridgehead atoms. The summed E-state index contributed by atoms with van der Waals surface area (Å²) in [6.07, 6.45) is 6.59. The van der Waals surface area contributed by atoms with Crippen LogP contribution in [0.25, 0.3) is 0 Å². The predicted octanol–water partition coefficient (Wildman–Crippen LogP) is 0.845. The van der Waals surface area contributed by atoms with E-state index in [0.717, 1.165) is 25.9 Å².